The van der Waals surface area contributed by atoms with Gasteiger partial charge in [0.15, 0.2) is 0 Å². The van der Waals surface area contributed by atoms with Crippen LogP contribution in [0.3, 0.4) is 0 Å². The van der Waals surface area contributed by atoms with Crippen molar-refractivity contribution in [2.75, 3.05) is 5.73 Å². The number of nitrogens with two attached hydrogens (primary N) is 1. The Kier molecular flexibility index (Phi) is 3.20. The molecule has 1 atom stereocenters. The molecule has 1 unspecified atom stereocenters. The molecule has 3 N–H and O–H groups in total. The Morgan fingerprint density at radius 3 is 2.94 bits per heavy atom. The zero-order valence-corrected chi connectivity index (χ0v) is 11.1. The maximum absolute atomic E-state index is 11.6. The molecule has 0 bridgehead atoms. The number of carbonyl (C=O) groups is 1. The first-order valence-corrected chi connectivity index (χ1v) is 6.29. The molecule has 4 nitrogen and oxygen atoms in total. The van der Waals surface area contributed by atoms with Crippen LogP contribution in [0.1, 0.15) is 45.2 Å². The standard InChI is InChI=1S/C14H20N2O2/c1-4-13(17)16-11-8-14(2,3)18-12-6-5-9(15)7-10(11)12/h5-7,11H,4,8,15H2,1-3H3,(H,16,17). The van der Waals surface area contributed by atoms with E-state index in [0.29, 0.717) is 12.1 Å². The zero-order chi connectivity index (χ0) is 13.3. The monoisotopic (exact) mass is 248 g/mol. The number of nitrogen functional groups attached to an aromatic ring is 1. The van der Waals surface area contributed by atoms with Crippen LogP contribution in [0.15, 0.2) is 18.2 Å². The van der Waals surface area contributed by atoms with E-state index in [1.807, 2.05) is 39.0 Å². The van der Waals surface area contributed by atoms with Crippen molar-refractivity contribution in [3.8, 4) is 5.75 Å². The molecule has 0 spiro atoms. The fourth-order valence-electron chi connectivity index (χ4n) is 2.30. The Hall–Kier alpha value is -1.71. The number of amides is 1. The first kappa shape index (κ1) is 12.7. The third-order valence-electron chi connectivity index (χ3n) is 3.15. The molecule has 0 aromatic heterocycles. The number of anilines is 1. The van der Waals surface area contributed by atoms with E-state index in [4.69, 9.17) is 10.5 Å². The number of fused-ring (bicyclic) bond motifs is 1. The average Bonchev–Trinajstić information content (AvgIpc) is 2.29. The van der Waals surface area contributed by atoms with Crippen LogP contribution < -0.4 is 15.8 Å². The molecule has 1 aromatic carbocycles. The van der Waals surface area contributed by atoms with Gasteiger partial charge in [-0.3, -0.25) is 4.79 Å². The van der Waals surface area contributed by atoms with Crippen LogP contribution in [0.5, 0.6) is 5.75 Å². The van der Waals surface area contributed by atoms with Gasteiger partial charge in [-0.1, -0.05) is 6.92 Å². The van der Waals surface area contributed by atoms with Crippen LogP contribution in [0, 0.1) is 0 Å². The third-order valence-corrected chi connectivity index (χ3v) is 3.15. The quantitative estimate of drug-likeness (QED) is 0.790. The predicted octanol–water partition coefficient (Wildman–Crippen LogP) is 2.40. The second-order valence-corrected chi connectivity index (χ2v) is 5.34. The van der Waals surface area contributed by atoms with Crippen molar-refractivity contribution in [2.24, 2.45) is 0 Å². The van der Waals surface area contributed by atoms with Crippen molar-refractivity contribution >= 4 is 11.6 Å². The summed E-state index contributed by atoms with van der Waals surface area (Å²) in [7, 11) is 0. The highest BCUT2D eigenvalue weighted by Crippen LogP contribution is 2.40. The molecule has 0 saturated heterocycles. The first-order valence-electron chi connectivity index (χ1n) is 6.29. The molecule has 0 fully saturated rings. The zero-order valence-electron chi connectivity index (χ0n) is 11.1. The van der Waals surface area contributed by atoms with Gasteiger partial charge in [0.25, 0.3) is 0 Å². The van der Waals surface area contributed by atoms with E-state index < -0.39 is 0 Å². The Morgan fingerprint density at radius 1 is 1.56 bits per heavy atom. The first-order chi connectivity index (χ1) is 8.41. The van der Waals surface area contributed by atoms with E-state index in [-0.39, 0.29) is 17.6 Å². The van der Waals surface area contributed by atoms with Gasteiger partial charge in [-0.25, -0.2) is 0 Å². The van der Waals surface area contributed by atoms with Gasteiger partial charge >= 0.3 is 0 Å². The molecular weight excluding hydrogens is 228 g/mol. The number of hydrogen-bond donors (Lipinski definition) is 2. The minimum Gasteiger partial charge on any atom is -0.487 e. The van der Waals surface area contributed by atoms with Crippen molar-refractivity contribution in [1.29, 1.82) is 0 Å². The minimum atomic E-state index is -0.283. The topological polar surface area (TPSA) is 64.3 Å². The fourth-order valence-corrected chi connectivity index (χ4v) is 2.30. The molecule has 2 rings (SSSR count). The Labute approximate surface area is 108 Å². The maximum Gasteiger partial charge on any atom is 0.220 e. The molecule has 0 aliphatic carbocycles. The number of nitrogens with one attached hydrogen (secondary N) is 1. The van der Waals surface area contributed by atoms with Gasteiger partial charge in [0, 0.05) is 24.1 Å². The van der Waals surface area contributed by atoms with Gasteiger partial charge in [-0.05, 0) is 32.0 Å². The molecule has 1 aliphatic heterocycles. The molecular formula is C14H20N2O2. The lowest BCUT2D eigenvalue weighted by Crippen LogP contribution is -2.41. The Morgan fingerprint density at radius 2 is 2.28 bits per heavy atom. The third kappa shape index (κ3) is 2.58. The second-order valence-electron chi connectivity index (χ2n) is 5.34. The van der Waals surface area contributed by atoms with Crippen LogP contribution >= 0.6 is 0 Å². The van der Waals surface area contributed by atoms with Crippen molar-refractivity contribution in [1.82, 2.24) is 5.32 Å². The van der Waals surface area contributed by atoms with Crippen molar-refractivity contribution in [3.63, 3.8) is 0 Å². The maximum atomic E-state index is 11.6. The number of ether oxygens (including phenoxy) is 1. The smallest absolute Gasteiger partial charge is 0.220 e. The van der Waals surface area contributed by atoms with Crippen LogP contribution in [0.4, 0.5) is 5.69 Å². The number of rotatable bonds is 2. The van der Waals surface area contributed by atoms with E-state index in [9.17, 15) is 4.79 Å². The summed E-state index contributed by atoms with van der Waals surface area (Å²) in [5, 5.41) is 3.03. The molecule has 1 amide bonds. The SMILES string of the molecule is CCC(=O)NC1CC(C)(C)Oc2ccc(N)cc21. The molecule has 4 heteroatoms. The van der Waals surface area contributed by atoms with Crippen molar-refractivity contribution in [3.05, 3.63) is 23.8 Å². The van der Waals surface area contributed by atoms with Gasteiger partial charge in [0.2, 0.25) is 5.91 Å². The summed E-state index contributed by atoms with van der Waals surface area (Å²) in [4.78, 5) is 11.6. The summed E-state index contributed by atoms with van der Waals surface area (Å²) < 4.78 is 5.91. The van der Waals surface area contributed by atoms with E-state index in [2.05, 4.69) is 5.32 Å². The molecule has 1 heterocycles. The van der Waals surface area contributed by atoms with Crippen LogP contribution in [-0.2, 0) is 4.79 Å². The fraction of sp³-hybridized carbons (Fsp3) is 0.500. The molecule has 0 radical (unpaired) electrons. The normalized spacial score (nSPS) is 20.7. The van der Waals surface area contributed by atoms with Crippen LogP contribution in [0.2, 0.25) is 0 Å². The number of benzene rings is 1. The largest absolute Gasteiger partial charge is 0.487 e. The summed E-state index contributed by atoms with van der Waals surface area (Å²) in [6, 6.07) is 5.54. The summed E-state index contributed by atoms with van der Waals surface area (Å²) in [6.07, 6.45) is 1.23. The molecule has 18 heavy (non-hydrogen) atoms. The molecule has 0 saturated carbocycles. The van der Waals surface area contributed by atoms with Gasteiger partial charge in [-0.2, -0.15) is 0 Å². The lowest BCUT2D eigenvalue weighted by Gasteiger charge is -2.38. The van der Waals surface area contributed by atoms with Gasteiger partial charge in [0.1, 0.15) is 11.4 Å². The summed E-state index contributed by atoms with van der Waals surface area (Å²) in [5.41, 5.74) is 7.18. The van der Waals surface area contributed by atoms with E-state index >= 15 is 0 Å². The van der Waals surface area contributed by atoms with Crippen molar-refractivity contribution in [2.45, 2.75) is 45.3 Å². The summed E-state index contributed by atoms with van der Waals surface area (Å²) >= 11 is 0. The van der Waals surface area contributed by atoms with E-state index in [1.54, 1.807) is 0 Å². The Bertz CT molecular complexity index is 469. The lowest BCUT2D eigenvalue weighted by atomic mass is 9.89. The van der Waals surface area contributed by atoms with Crippen LogP contribution in [-0.4, -0.2) is 11.5 Å². The van der Waals surface area contributed by atoms with Gasteiger partial charge < -0.3 is 15.8 Å². The van der Waals surface area contributed by atoms with Gasteiger partial charge in [0.05, 0.1) is 6.04 Å². The molecule has 98 valence electrons. The Balaban J connectivity index is 2.35. The summed E-state index contributed by atoms with van der Waals surface area (Å²) in [6.45, 7) is 5.90. The van der Waals surface area contributed by atoms with Crippen molar-refractivity contribution < 1.29 is 9.53 Å². The van der Waals surface area contributed by atoms with Gasteiger partial charge in [-0.15, -0.1) is 0 Å². The highest BCUT2D eigenvalue weighted by atomic mass is 16.5. The highest BCUT2D eigenvalue weighted by molar-refractivity contribution is 5.76. The average molecular weight is 248 g/mol. The number of carbonyl (C=O) groups excluding carboxylic acids is 1. The van der Waals surface area contributed by atoms with Crippen LogP contribution in [0.25, 0.3) is 0 Å². The molecule has 1 aromatic rings. The summed E-state index contributed by atoms with van der Waals surface area (Å²) in [5.74, 6) is 0.855. The number of hydrogen-bond acceptors (Lipinski definition) is 3. The highest BCUT2D eigenvalue weighted by Gasteiger charge is 2.34. The minimum absolute atomic E-state index is 0.0281. The van der Waals surface area contributed by atoms with E-state index in [0.717, 1.165) is 17.7 Å². The lowest BCUT2D eigenvalue weighted by molar-refractivity contribution is -0.122. The second kappa shape index (κ2) is 4.52. The predicted molar refractivity (Wildman–Crippen MR) is 71.4 cm³/mol. The van der Waals surface area contributed by atoms with E-state index in [1.165, 1.54) is 0 Å². The molecule has 1 aliphatic rings.